The number of aryl methyl sites for hydroxylation is 2. The number of hydrogen-bond acceptors (Lipinski definition) is 7. The Balaban J connectivity index is 1.48. The van der Waals surface area contributed by atoms with Crippen LogP contribution in [0.2, 0.25) is 0 Å². The molecule has 42 heavy (non-hydrogen) atoms. The molecule has 1 aliphatic rings. The summed E-state index contributed by atoms with van der Waals surface area (Å²) in [4.78, 5) is 33.4. The van der Waals surface area contributed by atoms with E-state index in [9.17, 15) is 14.7 Å². The van der Waals surface area contributed by atoms with Crippen molar-refractivity contribution in [2.24, 2.45) is 0 Å². The molecule has 4 aromatic carbocycles. The topological polar surface area (TPSA) is 89.0 Å². The van der Waals surface area contributed by atoms with Crippen LogP contribution in [0, 0.1) is 13.8 Å². The molecular formula is C34H28N2O5S. The lowest BCUT2D eigenvalue weighted by atomic mass is 9.95. The van der Waals surface area contributed by atoms with E-state index in [-0.39, 0.29) is 11.3 Å². The first-order chi connectivity index (χ1) is 20.3. The lowest BCUT2D eigenvalue weighted by Gasteiger charge is -2.24. The van der Waals surface area contributed by atoms with Gasteiger partial charge < -0.3 is 14.6 Å². The summed E-state index contributed by atoms with van der Waals surface area (Å²) in [7, 11) is 1.54. The molecular weight excluding hydrogens is 548 g/mol. The molecule has 1 atom stereocenters. The lowest BCUT2D eigenvalue weighted by molar-refractivity contribution is -0.132. The normalized spacial score (nSPS) is 16.3. The van der Waals surface area contributed by atoms with Crippen molar-refractivity contribution < 1.29 is 24.2 Å². The smallest absolute Gasteiger partial charge is 0.301 e. The third-order valence-electron chi connectivity index (χ3n) is 7.25. The number of Topliss-reactive ketones (excluding diaryl/α,β-unsaturated/α-hetero) is 1. The lowest BCUT2D eigenvalue weighted by Crippen LogP contribution is -2.29. The highest BCUT2D eigenvalue weighted by atomic mass is 32.1. The molecule has 7 nitrogen and oxygen atoms in total. The highest BCUT2D eigenvalue weighted by molar-refractivity contribution is 7.22. The van der Waals surface area contributed by atoms with Crippen molar-refractivity contribution in [3.63, 3.8) is 0 Å². The minimum absolute atomic E-state index is 0.0145. The Labute approximate surface area is 247 Å². The average molecular weight is 577 g/mol. The number of hydrogen-bond donors (Lipinski definition) is 1. The Kier molecular flexibility index (Phi) is 7.22. The predicted molar refractivity (Wildman–Crippen MR) is 164 cm³/mol. The Morgan fingerprint density at radius 1 is 0.905 bits per heavy atom. The highest BCUT2D eigenvalue weighted by Gasteiger charge is 2.48. The van der Waals surface area contributed by atoms with E-state index in [1.165, 1.54) is 23.3 Å². The van der Waals surface area contributed by atoms with Gasteiger partial charge in [-0.25, -0.2) is 4.98 Å². The fourth-order valence-electron chi connectivity index (χ4n) is 5.04. The molecule has 5 aromatic rings. The SMILES string of the molecule is COc1cc(C2/C(=C(\O)c3ccc(C)cc3)C(=O)C(=O)N2c2nc3ccc(C)cc3s2)ccc1OCc1ccccc1. The van der Waals surface area contributed by atoms with E-state index >= 15 is 0 Å². The van der Waals surface area contributed by atoms with Crippen molar-refractivity contribution >= 4 is 44.1 Å². The quantitative estimate of drug-likeness (QED) is 0.126. The van der Waals surface area contributed by atoms with E-state index in [4.69, 9.17) is 14.5 Å². The second-order valence-electron chi connectivity index (χ2n) is 10.2. The van der Waals surface area contributed by atoms with E-state index in [0.717, 1.165) is 26.9 Å². The van der Waals surface area contributed by atoms with E-state index in [1.54, 1.807) is 30.3 Å². The number of anilines is 1. The zero-order chi connectivity index (χ0) is 29.4. The second kappa shape index (κ2) is 11.1. The van der Waals surface area contributed by atoms with Gasteiger partial charge in [-0.15, -0.1) is 0 Å². The van der Waals surface area contributed by atoms with Crippen LogP contribution in [-0.4, -0.2) is 28.9 Å². The molecule has 1 aromatic heterocycles. The van der Waals surface area contributed by atoms with Crippen molar-refractivity contribution in [3.05, 3.63) is 124 Å². The fraction of sp³-hybridized carbons (Fsp3) is 0.147. The summed E-state index contributed by atoms with van der Waals surface area (Å²) < 4.78 is 12.6. The number of benzene rings is 4. The first kappa shape index (κ1) is 27.2. The van der Waals surface area contributed by atoms with Gasteiger partial charge in [0.15, 0.2) is 16.6 Å². The van der Waals surface area contributed by atoms with Gasteiger partial charge in [0.2, 0.25) is 0 Å². The number of ether oxygens (including phenoxy) is 2. The van der Waals surface area contributed by atoms with Crippen LogP contribution in [0.25, 0.3) is 16.0 Å². The van der Waals surface area contributed by atoms with Crippen molar-refractivity contribution in [2.75, 3.05) is 12.0 Å². The molecule has 1 amide bonds. The Morgan fingerprint density at radius 2 is 1.64 bits per heavy atom. The zero-order valence-corrected chi connectivity index (χ0v) is 24.1. The molecule has 210 valence electrons. The molecule has 0 aliphatic carbocycles. The molecule has 1 N–H and O–H groups in total. The molecule has 1 saturated heterocycles. The highest BCUT2D eigenvalue weighted by Crippen LogP contribution is 2.46. The minimum atomic E-state index is -0.940. The van der Waals surface area contributed by atoms with Crippen LogP contribution in [0.5, 0.6) is 11.5 Å². The maximum atomic E-state index is 13.7. The molecule has 0 saturated carbocycles. The maximum absolute atomic E-state index is 13.7. The number of thiazole rings is 1. The Hall–Kier alpha value is -4.95. The summed E-state index contributed by atoms with van der Waals surface area (Å²) in [5, 5.41) is 11.8. The Morgan fingerprint density at radius 3 is 2.38 bits per heavy atom. The van der Waals surface area contributed by atoms with Gasteiger partial charge in [-0.1, -0.05) is 83.6 Å². The summed E-state index contributed by atoms with van der Waals surface area (Å²) in [6.07, 6.45) is 0. The predicted octanol–water partition coefficient (Wildman–Crippen LogP) is 7.13. The van der Waals surface area contributed by atoms with Crippen molar-refractivity contribution in [3.8, 4) is 11.5 Å². The van der Waals surface area contributed by atoms with Crippen LogP contribution >= 0.6 is 11.3 Å². The first-order valence-corrected chi connectivity index (χ1v) is 14.3. The molecule has 1 aliphatic heterocycles. The number of fused-ring (bicyclic) bond motifs is 1. The molecule has 8 heteroatoms. The second-order valence-corrected chi connectivity index (χ2v) is 11.2. The molecule has 0 radical (unpaired) electrons. The van der Waals surface area contributed by atoms with Gasteiger partial charge in [0.25, 0.3) is 5.78 Å². The van der Waals surface area contributed by atoms with E-state index in [1.807, 2.05) is 74.5 Å². The standard InChI is InChI=1S/C34H28N2O5S/c1-20-9-12-23(13-10-20)31(37)29-30(24-14-16-26(27(18-24)40-3)41-19-22-7-5-4-6-8-22)36(33(39)32(29)38)34-35-25-15-11-21(2)17-28(25)42-34/h4-18,30,37H,19H2,1-3H3/b31-29+. The number of ketones is 1. The van der Waals surface area contributed by atoms with Gasteiger partial charge in [-0.2, -0.15) is 0 Å². The van der Waals surface area contributed by atoms with E-state index < -0.39 is 17.7 Å². The number of aliphatic hydroxyl groups excluding tert-OH is 1. The summed E-state index contributed by atoms with van der Waals surface area (Å²) in [6, 6.07) is 27.1. The number of aromatic nitrogens is 1. The molecule has 1 fully saturated rings. The molecule has 0 bridgehead atoms. The fourth-order valence-corrected chi connectivity index (χ4v) is 6.13. The average Bonchev–Trinajstić information content (AvgIpc) is 3.53. The number of carbonyl (C=O) groups is 2. The van der Waals surface area contributed by atoms with E-state index in [0.29, 0.717) is 34.4 Å². The summed E-state index contributed by atoms with van der Waals surface area (Å²) >= 11 is 1.32. The van der Waals surface area contributed by atoms with Gasteiger partial charge in [-0.3, -0.25) is 14.5 Å². The summed E-state index contributed by atoms with van der Waals surface area (Å²) in [5.41, 5.74) is 4.79. The van der Waals surface area contributed by atoms with Crippen LogP contribution in [0.4, 0.5) is 5.13 Å². The third kappa shape index (κ3) is 5.01. The van der Waals surface area contributed by atoms with Gasteiger partial charge >= 0.3 is 5.91 Å². The van der Waals surface area contributed by atoms with Crippen LogP contribution in [-0.2, 0) is 16.2 Å². The van der Waals surface area contributed by atoms with Crippen LogP contribution in [0.3, 0.4) is 0 Å². The number of aliphatic hydroxyl groups is 1. The summed E-state index contributed by atoms with van der Waals surface area (Å²) in [5.74, 6) is -0.841. The summed E-state index contributed by atoms with van der Waals surface area (Å²) in [6.45, 7) is 4.26. The van der Waals surface area contributed by atoms with Gasteiger partial charge in [0.1, 0.15) is 12.4 Å². The zero-order valence-electron chi connectivity index (χ0n) is 23.3. The van der Waals surface area contributed by atoms with Crippen LogP contribution < -0.4 is 14.4 Å². The minimum Gasteiger partial charge on any atom is -0.507 e. The first-order valence-electron chi connectivity index (χ1n) is 13.4. The maximum Gasteiger partial charge on any atom is 0.301 e. The molecule has 1 unspecified atom stereocenters. The van der Waals surface area contributed by atoms with Gasteiger partial charge in [0.05, 0.1) is 28.9 Å². The monoisotopic (exact) mass is 576 g/mol. The van der Waals surface area contributed by atoms with Crippen molar-refractivity contribution in [1.29, 1.82) is 0 Å². The number of carbonyl (C=O) groups excluding carboxylic acids is 2. The van der Waals surface area contributed by atoms with Crippen molar-refractivity contribution in [1.82, 2.24) is 4.98 Å². The molecule has 0 spiro atoms. The largest absolute Gasteiger partial charge is 0.507 e. The van der Waals surface area contributed by atoms with Gasteiger partial charge in [0, 0.05) is 5.56 Å². The van der Waals surface area contributed by atoms with Crippen molar-refractivity contribution in [2.45, 2.75) is 26.5 Å². The number of methoxy groups -OCH3 is 1. The van der Waals surface area contributed by atoms with Crippen LogP contribution in [0.15, 0.2) is 96.6 Å². The number of nitrogens with zero attached hydrogens (tertiary/aromatic N) is 2. The Bertz CT molecular complexity index is 1840. The van der Waals surface area contributed by atoms with Gasteiger partial charge in [-0.05, 0) is 54.8 Å². The van der Waals surface area contributed by atoms with Crippen LogP contribution in [0.1, 0.15) is 33.9 Å². The molecule has 2 heterocycles. The third-order valence-corrected chi connectivity index (χ3v) is 8.27. The number of amides is 1. The van der Waals surface area contributed by atoms with E-state index in [2.05, 4.69) is 0 Å². The number of rotatable bonds is 7. The molecule has 6 rings (SSSR count).